The molecular weight excluding hydrogens is 322 g/mol. The summed E-state index contributed by atoms with van der Waals surface area (Å²) in [5, 5.41) is 0.938. The summed E-state index contributed by atoms with van der Waals surface area (Å²) < 4.78 is 0. The molecule has 0 amide bonds. The van der Waals surface area contributed by atoms with Gasteiger partial charge in [-0.3, -0.25) is 0 Å². The lowest BCUT2D eigenvalue weighted by Gasteiger charge is -2.34. The van der Waals surface area contributed by atoms with Crippen molar-refractivity contribution in [1.82, 2.24) is 0 Å². The first-order valence-corrected chi connectivity index (χ1v) is 8.91. The molecule has 1 saturated heterocycles. The van der Waals surface area contributed by atoms with E-state index in [0.717, 1.165) is 11.2 Å². The molecule has 0 spiro atoms. The second-order valence-corrected chi connectivity index (χ2v) is 6.44. The lowest BCUT2D eigenvalue weighted by Crippen LogP contribution is -2.34. The van der Waals surface area contributed by atoms with E-state index in [1.807, 2.05) is 0 Å². The Morgan fingerprint density at radius 3 is 2.29 bits per heavy atom. The Labute approximate surface area is 136 Å². The molecule has 0 unspecified atom stereocenters. The predicted molar refractivity (Wildman–Crippen MR) is 94.2 cm³/mol. The van der Waals surface area contributed by atoms with Crippen molar-refractivity contribution < 1.29 is 0 Å². The van der Waals surface area contributed by atoms with Crippen molar-refractivity contribution in [3.63, 3.8) is 0 Å². The number of benzene rings is 2. The van der Waals surface area contributed by atoms with Gasteiger partial charge in [0.2, 0.25) is 0 Å². The fraction of sp³-hybridized carbons (Fsp3) is 0.368. The fourth-order valence-corrected chi connectivity index (χ4v) is 3.73. The summed E-state index contributed by atoms with van der Waals surface area (Å²) in [4.78, 5) is 2.55. The van der Waals surface area contributed by atoms with Gasteiger partial charge in [-0.15, -0.1) is 0 Å². The SMILES string of the molecule is BrCc1ccccc1N1CCC(Cc2ccccc2)CC1. The van der Waals surface area contributed by atoms with Gasteiger partial charge in [-0.05, 0) is 42.4 Å². The van der Waals surface area contributed by atoms with Crippen molar-refractivity contribution >= 4 is 21.6 Å². The van der Waals surface area contributed by atoms with Gasteiger partial charge in [0.15, 0.2) is 0 Å². The number of halogens is 1. The zero-order valence-corrected chi connectivity index (χ0v) is 13.9. The average Bonchev–Trinajstić information content (AvgIpc) is 2.56. The molecule has 1 heterocycles. The van der Waals surface area contributed by atoms with Crippen LogP contribution in [0.2, 0.25) is 0 Å². The molecule has 1 nitrogen and oxygen atoms in total. The number of rotatable bonds is 4. The van der Waals surface area contributed by atoms with Gasteiger partial charge in [-0.25, -0.2) is 0 Å². The Morgan fingerprint density at radius 2 is 1.57 bits per heavy atom. The molecule has 2 aromatic carbocycles. The van der Waals surface area contributed by atoms with Crippen molar-refractivity contribution in [2.24, 2.45) is 5.92 Å². The lowest BCUT2D eigenvalue weighted by molar-refractivity contribution is 0.403. The third-order valence-electron chi connectivity index (χ3n) is 4.46. The third-order valence-corrected chi connectivity index (χ3v) is 5.06. The summed E-state index contributed by atoms with van der Waals surface area (Å²) in [6.07, 6.45) is 3.83. The van der Waals surface area contributed by atoms with Crippen molar-refractivity contribution in [3.05, 3.63) is 65.7 Å². The summed E-state index contributed by atoms with van der Waals surface area (Å²) in [6, 6.07) is 19.7. The Kier molecular flexibility index (Phi) is 4.97. The molecule has 0 N–H and O–H groups in total. The zero-order chi connectivity index (χ0) is 14.5. The highest BCUT2D eigenvalue weighted by molar-refractivity contribution is 9.08. The molecule has 0 saturated carbocycles. The van der Waals surface area contributed by atoms with Gasteiger partial charge in [-0.2, -0.15) is 0 Å². The highest BCUT2D eigenvalue weighted by Crippen LogP contribution is 2.29. The van der Waals surface area contributed by atoms with Gasteiger partial charge < -0.3 is 4.90 Å². The monoisotopic (exact) mass is 343 g/mol. The maximum Gasteiger partial charge on any atom is 0.0407 e. The van der Waals surface area contributed by atoms with E-state index in [9.17, 15) is 0 Å². The maximum atomic E-state index is 3.60. The molecule has 0 radical (unpaired) electrons. The normalized spacial score (nSPS) is 16.1. The smallest absolute Gasteiger partial charge is 0.0407 e. The quantitative estimate of drug-likeness (QED) is 0.703. The molecule has 21 heavy (non-hydrogen) atoms. The van der Waals surface area contributed by atoms with E-state index in [2.05, 4.69) is 75.4 Å². The molecule has 1 aliphatic rings. The standard InChI is InChI=1S/C19H22BrN/c20-15-18-8-4-5-9-19(18)21-12-10-17(11-13-21)14-16-6-2-1-3-7-16/h1-9,17H,10-15H2. The second kappa shape index (κ2) is 7.13. The van der Waals surface area contributed by atoms with E-state index in [-0.39, 0.29) is 0 Å². The molecule has 0 atom stereocenters. The minimum atomic E-state index is 0.833. The lowest BCUT2D eigenvalue weighted by atomic mass is 9.90. The predicted octanol–water partition coefficient (Wildman–Crippen LogP) is 5.04. The Balaban J connectivity index is 1.60. The Hall–Kier alpha value is -1.28. The number of anilines is 1. The van der Waals surface area contributed by atoms with Crippen LogP contribution in [-0.4, -0.2) is 13.1 Å². The third kappa shape index (κ3) is 3.68. The molecule has 2 heteroatoms. The summed E-state index contributed by atoms with van der Waals surface area (Å²) in [5.74, 6) is 0.833. The average molecular weight is 344 g/mol. The summed E-state index contributed by atoms with van der Waals surface area (Å²) in [7, 11) is 0. The first-order valence-electron chi connectivity index (χ1n) is 7.79. The van der Waals surface area contributed by atoms with Gasteiger partial charge in [0.25, 0.3) is 0 Å². The molecule has 0 aromatic heterocycles. The van der Waals surface area contributed by atoms with Crippen LogP contribution in [0.15, 0.2) is 54.6 Å². The van der Waals surface area contributed by atoms with Gasteiger partial charge in [0.1, 0.15) is 0 Å². The molecule has 0 aliphatic carbocycles. The first-order chi connectivity index (χ1) is 10.4. The van der Waals surface area contributed by atoms with Crippen LogP contribution < -0.4 is 4.90 Å². The van der Waals surface area contributed by atoms with Crippen molar-refractivity contribution in [2.45, 2.75) is 24.6 Å². The second-order valence-electron chi connectivity index (χ2n) is 5.88. The zero-order valence-electron chi connectivity index (χ0n) is 12.3. The van der Waals surface area contributed by atoms with E-state index < -0.39 is 0 Å². The largest absolute Gasteiger partial charge is 0.371 e. The van der Waals surface area contributed by atoms with Crippen molar-refractivity contribution in [1.29, 1.82) is 0 Å². The number of para-hydroxylation sites is 1. The van der Waals surface area contributed by atoms with Crippen molar-refractivity contribution in [3.8, 4) is 0 Å². The van der Waals surface area contributed by atoms with Crippen LogP contribution >= 0.6 is 15.9 Å². The summed E-state index contributed by atoms with van der Waals surface area (Å²) >= 11 is 3.60. The molecule has 1 fully saturated rings. The number of piperidine rings is 1. The molecule has 1 aliphatic heterocycles. The van der Waals surface area contributed by atoms with E-state index in [1.165, 1.54) is 49.2 Å². The number of hydrogen-bond acceptors (Lipinski definition) is 1. The fourth-order valence-electron chi connectivity index (χ4n) is 3.26. The Morgan fingerprint density at radius 1 is 0.905 bits per heavy atom. The van der Waals surface area contributed by atoms with E-state index in [4.69, 9.17) is 0 Å². The first kappa shape index (κ1) is 14.6. The highest BCUT2D eigenvalue weighted by Gasteiger charge is 2.20. The number of hydrogen-bond donors (Lipinski definition) is 0. The van der Waals surface area contributed by atoms with Crippen LogP contribution in [0.4, 0.5) is 5.69 Å². The molecule has 3 rings (SSSR count). The van der Waals surface area contributed by atoms with E-state index >= 15 is 0 Å². The highest BCUT2D eigenvalue weighted by atomic mass is 79.9. The van der Waals surface area contributed by atoms with Crippen LogP contribution in [0.5, 0.6) is 0 Å². The van der Waals surface area contributed by atoms with Gasteiger partial charge >= 0.3 is 0 Å². The van der Waals surface area contributed by atoms with E-state index in [1.54, 1.807) is 0 Å². The van der Waals surface area contributed by atoms with Crippen LogP contribution in [0.25, 0.3) is 0 Å². The summed E-state index contributed by atoms with van der Waals surface area (Å²) in [5.41, 5.74) is 4.29. The molecule has 110 valence electrons. The minimum Gasteiger partial charge on any atom is -0.371 e. The Bertz CT molecular complexity index is 559. The van der Waals surface area contributed by atoms with Gasteiger partial charge in [0, 0.05) is 24.1 Å². The minimum absolute atomic E-state index is 0.833. The van der Waals surface area contributed by atoms with Gasteiger partial charge in [-0.1, -0.05) is 64.5 Å². The molecule has 2 aromatic rings. The van der Waals surface area contributed by atoms with Gasteiger partial charge in [0.05, 0.1) is 0 Å². The van der Waals surface area contributed by atoms with Crippen LogP contribution in [0, 0.1) is 5.92 Å². The van der Waals surface area contributed by atoms with Crippen molar-refractivity contribution in [2.75, 3.05) is 18.0 Å². The number of nitrogens with zero attached hydrogens (tertiary/aromatic N) is 1. The molecule has 0 bridgehead atoms. The summed E-state index contributed by atoms with van der Waals surface area (Å²) in [6.45, 7) is 2.36. The van der Waals surface area contributed by atoms with Crippen LogP contribution in [-0.2, 0) is 11.8 Å². The molecular formula is C19H22BrN. The maximum absolute atomic E-state index is 3.60. The topological polar surface area (TPSA) is 3.24 Å². The van der Waals surface area contributed by atoms with Crippen LogP contribution in [0.1, 0.15) is 24.0 Å². The van der Waals surface area contributed by atoms with Crippen LogP contribution in [0.3, 0.4) is 0 Å². The van der Waals surface area contributed by atoms with E-state index in [0.29, 0.717) is 0 Å². The number of alkyl halides is 1.